The van der Waals surface area contributed by atoms with Gasteiger partial charge in [-0.3, -0.25) is 4.57 Å². The van der Waals surface area contributed by atoms with Gasteiger partial charge in [-0.25, -0.2) is 19.3 Å². The van der Waals surface area contributed by atoms with Gasteiger partial charge in [-0.2, -0.15) is 5.26 Å². The van der Waals surface area contributed by atoms with Crippen molar-refractivity contribution < 1.29 is 9.50 Å². The SMILES string of the molecule is Cl.N#Cc1ccc(-n2c(-c3cccc(F)c3)nc3c(N)nc(C#CC4(O)CCCCC4)nc32)cc1. The van der Waals surface area contributed by atoms with Crippen molar-refractivity contribution in [3.8, 4) is 35.0 Å². The Hall–Kier alpha value is -3.98. The number of hydrogen-bond donors (Lipinski definition) is 2. The average molecular weight is 489 g/mol. The van der Waals surface area contributed by atoms with Gasteiger partial charge in [0, 0.05) is 11.3 Å². The van der Waals surface area contributed by atoms with Gasteiger partial charge in [0.15, 0.2) is 17.0 Å². The van der Waals surface area contributed by atoms with E-state index in [4.69, 9.17) is 5.73 Å². The molecule has 0 unspecified atom stereocenters. The predicted molar refractivity (Wildman–Crippen MR) is 133 cm³/mol. The zero-order chi connectivity index (χ0) is 23.7. The van der Waals surface area contributed by atoms with Gasteiger partial charge in [-0.15, -0.1) is 12.4 Å². The van der Waals surface area contributed by atoms with E-state index >= 15 is 0 Å². The Morgan fingerprint density at radius 2 is 1.77 bits per heavy atom. The van der Waals surface area contributed by atoms with Gasteiger partial charge in [-0.1, -0.05) is 24.5 Å². The molecule has 0 saturated heterocycles. The number of nitrogens with zero attached hydrogens (tertiary/aromatic N) is 5. The summed E-state index contributed by atoms with van der Waals surface area (Å²) in [6.07, 6.45) is 4.17. The molecule has 0 radical (unpaired) electrons. The first-order chi connectivity index (χ1) is 16.5. The van der Waals surface area contributed by atoms with Crippen LogP contribution in [-0.4, -0.2) is 30.2 Å². The molecule has 1 saturated carbocycles. The molecule has 2 aromatic carbocycles. The molecule has 7 nitrogen and oxygen atoms in total. The number of rotatable bonds is 2. The summed E-state index contributed by atoms with van der Waals surface area (Å²) in [5, 5.41) is 19.9. The maximum Gasteiger partial charge on any atom is 0.209 e. The molecule has 1 aliphatic rings. The van der Waals surface area contributed by atoms with Crippen molar-refractivity contribution in [2.45, 2.75) is 37.7 Å². The lowest BCUT2D eigenvalue weighted by molar-refractivity contribution is 0.0610. The van der Waals surface area contributed by atoms with Crippen LogP contribution >= 0.6 is 12.4 Å². The highest BCUT2D eigenvalue weighted by atomic mass is 35.5. The van der Waals surface area contributed by atoms with E-state index in [-0.39, 0.29) is 24.0 Å². The van der Waals surface area contributed by atoms with Gasteiger partial charge in [0.2, 0.25) is 5.82 Å². The van der Waals surface area contributed by atoms with E-state index in [9.17, 15) is 14.8 Å². The second-order valence-corrected chi connectivity index (χ2v) is 8.39. The Morgan fingerprint density at radius 3 is 2.46 bits per heavy atom. The Kier molecular flexibility index (Phi) is 6.70. The van der Waals surface area contributed by atoms with Crippen LogP contribution in [0.25, 0.3) is 28.2 Å². The number of anilines is 1. The van der Waals surface area contributed by atoms with E-state index in [1.807, 2.05) is 0 Å². The van der Waals surface area contributed by atoms with Crippen LogP contribution in [0.4, 0.5) is 10.2 Å². The van der Waals surface area contributed by atoms with E-state index in [2.05, 4.69) is 32.9 Å². The van der Waals surface area contributed by atoms with Gasteiger partial charge < -0.3 is 10.8 Å². The summed E-state index contributed by atoms with van der Waals surface area (Å²) in [5.74, 6) is 6.16. The molecular weight excluding hydrogens is 467 g/mol. The molecule has 3 N–H and O–H groups in total. The molecule has 176 valence electrons. The fourth-order valence-corrected chi connectivity index (χ4v) is 4.22. The van der Waals surface area contributed by atoms with Crippen LogP contribution < -0.4 is 5.73 Å². The summed E-state index contributed by atoms with van der Waals surface area (Å²) in [5.41, 5.74) is 7.65. The fraction of sp³-hybridized carbons (Fsp3) is 0.231. The highest BCUT2D eigenvalue weighted by Crippen LogP contribution is 2.31. The molecule has 0 aliphatic heterocycles. The van der Waals surface area contributed by atoms with Crippen LogP contribution in [-0.2, 0) is 0 Å². The summed E-state index contributed by atoms with van der Waals surface area (Å²) in [7, 11) is 0. The quantitative estimate of drug-likeness (QED) is 0.400. The molecule has 1 fully saturated rings. The topological polar surface area (TPSA) is 114 Å². The first-order valence-corrected chi connectivity index (χ1v) is 11.0. The first kappa shape index (κ1) is 24.2. The van der Waals surface area contributed by atoms with Crippen molar-refractivity contribution in [1.82, 2.24) is 19.5 Å². The highest BCUT2D eigenvalue weighted by Gasteiger charge is 2.27. The molecule has 2 heterocycles. The monoisotopic (exact) mass is 488 g/mol. The van der Waals surface area contributed by atoms with Gasteiger partial charge in [-0.05, 0) is 68.0 Å². The zero-order valence-corrected chi connectivity index (χ0v) is 19.5. The molecule has 2 aromatic heterocycles. The first-order valence-electron chi connectivity index (χ1n) is 11.0. The summed E-state index contributed by atoms with van der Waals surface area (Å²) >= 11 is 0. The molecule has 0 spiro atoms. The van der Waals surface area contributed by atoms with Crippen molar-refractivity contribution in [3.63, 3.8) is 0 Å². The molecule has 4 aromatic rings. The number of aliphatic hydroxyl groups is 1. The Labute approximate surface area is 207 Å². The van der Waals surface area contributed by atoms with Gasteiger partial charge in [0.25, 0.3) is 0 Å². The van der Waals surface area contributed by atoms with Crippen LogP contribution in [0.5, 0.6) is 0 Å². The number of nitriles is 1. The normalized spacial score (nSPS) is 14.4. The molecule has 35 heavy (non-hydrogen) atoms. The molecule has 0 amide bonds. The minimum atomic E-state index is -1.05. The third kappa shape index (κ3) is 4.81. The fourth-order valence-electron chi connectivity index (χ4n) is 4.22. The standard InChI is InChI=1S/C26H21FN6O.ClH/c27-19-6-4-5-18(15-19)24-32-22-23(29)30-21(11-14-26(34)12-2-1-3-13-26)31-25(22)33(24)20-9-7-17(16-28)8-10-20;/h4-10,15,34H,1-3,12-13H2,(H2,29,30,31);1H. The van der Waals surface area contributed by atoms with Crippen molar-refractivity contribution in [3.05, 3.63) is 65.7 Å². The number of benzene rings is 2. The Balaban J connectivity index is 0.00000289. The summed E-state index contributed by atoms with van der Waals surface area (Å²) in [6, 6.07) is 15.1. The van der Waals surface area contributed by atoms with E-state index in [1.54, 1.807) is 41.0 Å². The van der Waals surface area contributed by atoms with Gasteiger partial charge in [0.05, 0.1) is 11.6 Å². The summed E-state index contributed by atoms with van der Waals surface area (Å²) < 4.78 is 15.8. The number of nitrogen functional groups attached to an aromatic ring is 1. The Bertz CT molecular complexity index is 1490. The lowest BCUT2D eigenvalue weighted by Gasteiger charge is -2.26. The zero-order valence-electron chi connectivity index (χ0n) is 18.7. The predicted octanol–water partition coefficient (Wildman–Crippen LogP) is 4.54. The number of aromatic nitrogens is 4. The van der Waals surface area contributed by atoms with E-state index < -0.39 is 11.4 Å². The Morgan fingerprint density at radius 1 is 1.03 bits per heavy atom. The van der Waals surface area contributed by atoms with Crippen LogP contribution in [0, 0.1) is 29.0 Å². The summed E-state index contributed by atoms with van der Waals surface area (Å²) in [6.45, 7) is 0. The maximum atomic E-state index is 14.0. The number of nitrogens with two attached hydrogens (primary N) is 1. The second kappa shape index (κ2) is 9.71. The van der Waals surface area contributed by atoms with Crippen LogP contribution in [0.1, 0.15) is 43.5 Å². The molecule has 0 atom stereocenters. The lowest BCUT2D eigenvalue weighted by Crippen LogP contribution is -2.29. The lowest BCUT2D eigenvalue weighted by atomic mass is 9.85. The molecule has 5 rings (SSSR count). The van der Waals surface area contributed by atoms with Crippen LogP contribution in [0.3, 0.4) is 0 Å². The number of fused-ring (bicyclic) bond motifs is 1. The summed E-state index contributed by atoms with van der Waals surface area (Å²) in [4.78, 5) is 13.5. The number of hydrogen-bond acceptors (Lipinski definition) is 6. The van der Waals surface area contributed by atoms with Crippen LogP contribution in [0.2, 0.25) is 0 Å². The maximum absolute atomic E-state index is 14.0. The molecular formula is C26H22ClFN6O. The van der Waals surface area contributed by atoms with Crippen molar-refractivity contribution in [2.24, 2.45) is 0 Å². The van der Waals surface area contributed by atoms with Crippen molar-refractivity contribution in [1.29, 1.82) is 5.26 Å². The molecule has 1 aliphatic carbocycles. The van der Waals surface area contributed by atoms with E-state index in [0.717, 1.165) is 19.3 Å². The van der Waals surface area contributed by atoms with Crippen LogP contribution in [0.15, 0.2) is 48.5 Å². The molecule has 9 heteroatoms. The average Bonchev–Trinajstić information content (AvgIpc) is 3.24. The van der Waals surface area contributed by atoms with Crippen molar-refractivity contribution in [2.75, 3.05) is 5.73 Å². The minimum Gasteiger partial charge on any atom is -0.382 e. The third-order valence-electron chi connectivity index (χ3n) is 5.96. The highest BCUT2D eigenvalue weighted by molar-refractivity contribution is 5.87. The minimum absolute atomic E-state index is 0. The largest absolute Gasteiger partial charge is 0.382 e. The molecule has 0 bridgehead atoms. The number of imidazole rings is 1. The van der Waals surface area contributed by atoms with Crippen molar-refractivity contribution >= 4 is 29.4 Å². The van der Waals surface area contributed by atoms with Gasteiger partial charge in [0.1, 0.15) is 17.2 Å². The van der Waals surface area contributed by atoms with E-state index in [0.29, 0.717) is 46.6 Å². The smallest absolute Gasteiger partial charge is 0.209 e. The van der Waals surface area contributed by atoms with Gasteiger partial charge >= 0.3 is 0 Å². The second-order valence-electron chi connectivity index (χ2n) is 8.39. The number of halogens is 2. The van der Waals surface area contributed by atoms with E-state index in [1.165, 1.54) is 12.1 Å². The third-order valence-corrected chi connectivity index (χ3v) is 5.96.